The van der Waals surface area contributed by atoms with Gasteiger partial charge in [-0.3, -0.25) is 4.90 Å². The van der Waals surface area contributed by atoms with Crippen LogP contribution in [-0.4, -0.2) is 60.8 Å². The van der Waals surface area contributed by atoms with E-state index < -0.39 is 5.60 Å². The van der Waals surface area contributed by atoms with Gasteiger partial charge < -0.3 is 14.5 Å². The Hall–Kier alpha value is -1.75. The zero-order valence-electron chi connectivity index (χ0n) is 18.0. The minimum Gasteiger partial charge on any atom is -0.444 e. The van der Waals surface area contributed by atoms with E-state index in [4.69, 9.17) is 4.74 Å². The number of benzene rings is 1. The Bertz CT molecular complexity index is 625. The fourth-order valence-corrected chi connectivity index (χ4v) is 4.12. The fourth-order valence-electron chi connectivity index (χ4n) is 4.12. The lowest BCUT2D eigenvalue weighted by Gasteiger charge is -2.38. The van der Waals surface area contributed by atoms with Crippen LogP contribution in [0.3, 0.4) is 0 Å². The molecule has 2 fully saturated rings. The molecule has 1 aromatic rings. The molecule has 2 aliphatic heterocycles. The maximum Gasteiger partial charge on any atom is 0.410 e. The van der Waals surface area contributed by atoms with Crippen molar-refractivity contribution in [1.29, 1.82) is 0 Å². The minimum atomic E-state index is -0.438. The lowest BCUT2D eigenvalue weighted by atomic mass is 10.1. The maximum absolute atomic E-state index is 12.3. The van der Waals surface area contributed by atoms with Crippen LogP contribution in [-0.2, 0) is 11.3 Å². The van der Waals surface area contributed by atoms with E-state index >= 15 is 0 Å². The lowest BCUT2D eigenvalue weighted by Crippen LogP contribution is -2.50. The number of rotatable bonds is 3. The van der Waals surface area contributed by atoms with Crippen molar-refractivity contribution in [2.45, 2.75) is 65.0 Å². The van der Waals surface area contributed by atoms with Gasteiger partial charge in [0.25, 0.3) is 0 Å². The van der Waals surface area contributed by atoms with Gasteiger partial charge in [-0.2, -0.15) is 0 Å². The molecule has 1 aromatic carbocycles. The number of hydrogen-bond acceptors (Lipinski definition) is 4. The predicted molar refractivity (Wildman–Crippen MR) is 115 cm³/mol. The summed E-state index contributed by atoms with van der Waals surface area (Å²) in [7, 11) is 0. The second-order valence-corrected chi connectivity index (χ2v) is 9.13. The number of carbonyl (C=O) groups excluding carboxylic acids is 1. The van der Waals surface area contributed by atoms with Gasteiger partial charge in [-0.1, -0.05) is 37.5 Å². The van der Waals surface area contributed by atoms with Gasteiger partial charge in [0.1, 0.15) is 5.60 Å². The van der Waals surface area contributed by atoms with Crippen molar-refractivity contribution >= 4 is 11.8 Å². The van der Waals surface area contributed by atoms with Crippen molar-refractivity contribution in [3.63, 3.8) is 0 Å². The Morgan fingerprint density at radius 2 is 1.50 bits per heavy atom. The van der Waals surface area contributed by atoms with Crippen LogP contribution >= 0.6 is 0 Å². The average molecular weight is 388 g/mol. The van der Waals surface area contributed by atoms with Gasteiger partial charge in [0.15, 0.2) is 0 Å². The summed E-state index contributed by atoms with van der Waals surface area (Å²) in [4.78, 5) is 19.2. The summed E-state index contributed by atoms with van der Waals surface area (Å²) < 4.78 is 5.53. The number of nitrogens with zero attached hydrogens (tertiary/aromatic N) is 3. The molecule has 5 heteroatoms. The number of ether oxygens (including phenoxy) is 1. The fraction of sp³-hybridized carbons (Fsp3) is 0.696. The highest BCUT2D eigenvalue weighted by Gasteiger charge is 2.26. The molecule has 0 bridgehead atoms. The normalized spacial score (nSPS) is 19.8. The quantitative estimate of drug-likeness (QED) is 0.764. The van der Waals surface area contributed by atoms with Crippen LogP contribution in [0.15, 0.2) is 24.3 Å². The van der Waals surface area contributed by atoms with E-state index in [1.165, 1.54) is 56.4 Å². The Balaban J connectivity index is 1.59. The second-order valence-electron chi connectivity index (χ2n) is 9.13. The molecular formula is C23H37N3O2. The molecule has 2 aliphatic rings. The first-order valence-electron chi connectivity index (χ1n) is 11.0. The summed E-state index contributed by atoms with van der Waals surface area (Å²) >= 11 is 0. The van der Waals surface area contributed by atoms with Crippen LogP contribution < -0.4 is 4.90 Å². The molecular weight excluding hydrogens is 350 g/mol. The predicted octanol–water partition coefficient (Wildman–Crippen LogP) is 4.51. The molecule has 0 atom stereocenters. The van der Waals surface area contributed by atoms with Crippen molar-refractivity contribution < 1.29 is 9.53 Å². The molecule has 0 spiro atoms. The smallest absolute Gasteiger partial charge is 0.410 e. The Morgan fingerprint density at radius 1 is 0.893 bits per heavy atom. The molecule has 28 heavy (non-hydrogen) atoms. The number of hydrogen-bond donors (Lipinski definition) is 0. The standard InChI is InChI=1S/C23H37N3O2/c1-23(2,3)28-22(27)26-17-15-25(16-18-26)21-12-8-7-11-20(21)19-24-13-9-5-4-6-10-14-24/h7-8,11-12H,4-6,9-10,13-19H2,1-3H3. The van der Waals surface area contributed by atoms with Gasteiger partial charge in [-0.25, -0.2) is 4.79 Å². The third kappa shape index (κ3) is 6.13. The zero-order valence-corrected chi connectivity index (χ0v) is 18.0. The molecule has 0 radical (unpaired) electrons. The van der Waals surface area contributed by atoms with Crippen LogP contribution in [0.2, 0.25) is 0 Å². The van der Waals surface area contributed by atoms with Crippen molar-refractivity contribution in [3.8, 4) is 0 Å². The molecule has 2 heterocycles. The molecule has 156 valence electrons. The van der Waals surface area contributed by atoms with Crippen molar-refractivity contribution in [1.82, 2.24) is 9.80 Å². The first kappa shape index (κ1) is 21.0. The average Bonchev–Trinajstić information content (AvgIpc) is 2.63. The van der Waals surface area contributed by atoms with Crippen molar-refractivity contribution in [2.24, 2.45) is 0 Å². The van der Waals surface area contributed by atoms with Crippen molar-refractivity contribution in [3.05, 3.63) is 29.8 Å². The Morgan fingerprint density at radius 3 is 2.14 bits per heavy atom. The van der Waals surface area contributed by atoms with E-state index in [2.05, 4.69) is 34.1 Å². The summed E-state index contributed by atoms with van der Waals surface area (Å²) in [6.07, 6.45) is 6.57. The van der Waals surface area contributed by atoms with E-state index in [-0.39, 0.29) is 6.09 Å². The summed E-state index contributed by atoms with van der Waals surface area (Å²) in [6.45, 7) is 12.4. The number of carbonyl (C=O) groups is 1. The first-order valence-corrected chi connectivity index (χ1v) is 11.0. The van der Waals surface area contributed by atoms with Gasteiger partial charge in [-0.05, 0) is 58.3 Å². The van der Waals surface area contributed by atoms with Gasteiger partial charge in [0, 0.05) is 38.4 Å². The highest BCUT2D eigenvalue weighted by molar-refractivity contribution is 5.68. The minimum absolute atomic E-state index is 0.193. The topological polar surface area (TPSA) is 36.0 Å². The van der Waals surface area contributed by atoms with E-state index in [1.54, 1.807) is 0 Å². The summed E-state index contributed by atoms with van der Waals surface area (Å²) in [6, 6.07) is 8.79. The van der Waals surface area contributed by atoms with Crippen LogP contribution in [0.1, 0.15) is 58.4 Å². The molecule has 2 saturated heterocycles. The Kier molecular flexibility index (Phi) is 7.22. The van der Waals surface area contributed by atoms with E-state index in [0.717, 1.165) is 19.6 Å². The van der Waals surface area contributed by atoms with Crippen LogP contribution in [0.25, 0.3) is 0 Å². The van der Waals surface area contributed by atoms with Crippen molar-refractivity contribution in [2.75, 3.05) is 44.2 Å². The largest absolute Gasteiger partial charge is 0.444 e. The van der Waals surface area contributed by atoms with Crippen LogP contribution in [0.5, 0.6) is 0 Å². The van der Waals surface area contributed by atoms with E-state index in [9.17, 15) is 4.79 Å². The summed E-state index contributed by atoms with van der Waals surface area (Å²) in [5.41, 5.74) is 2.30. The van der Waals surface area contributed by atoms with Gasteiger partial charge >= 0.3 is 6.09 Å². The lowest BCUT2D eigenvalue weighted by molar-refractivity contribution is 0.0240. The van der Waals surface area contributed by atoms with E-state index in [0.29, 0.717) is 13.1 Å². The third-order valence-electron chi connectivity index (χ3n) is 5.61. The molecule has 3 rings (SSSR count). The number of anilines is 1. The highest BCUT2D eigenvalue weighted by atomic mass is 16.6. The molecule has 1 amide bonds. The maximum atomic E-state index is 12.3. The molecule has 0 aliphatic carbocycles. The number of amides is 1. The van der Waals surface area contributed by atoms with Crippen LogP contribution in [0.4, 0.5) is 10.5 Å². The molecule has 0 aromatic heterocycles. The molecule has 5 nitrogen and oxygen atoms in total. The summed E-state index contributed by atoms with van der Waals surface area (Å²) in [5, 5.41) is 0. The number of likely N-dealkylation sites (tertiary alicyclic amines) is 1. The number of para-hydroxylation sites is 1. The molecule has 0 unspecified atom stereocenters. The SMILES string of the molecule is CC(C)(C)OC(=O)N1CCN(c2ccccc2CN2CCCCCCC2)CC1. The first-order chi connectivity index (χ1) is 13.4. The Labute approximate surface area is 170 Å². The third-order valence-corrected chi connectivity index (χ3v) is 5.61. The molecule has 0 saturated carbocycles. The zero-order chi connectivity index (χ0) is 20.0. The van der Waals surface area contributed by atoms with Gasteiger partial charge in [0.05, 0.1) is 0 Å². The van der Waals surface area contributed by atoms with E-state index in [1.807, 2.05) is 25.7 Å². The van der Waals surface area contributed by atoms with Gasteiger partial charge in [-0.15, -0.1) is 0 Å². The van der Waals surface area contributed by atoms with Gasteiger partial charge in [0.2, 0.25) is 0 Å². The second kappa shape index (κ2) is 9.64. The summed E-state index contributed by atoms with van der Waals surface area (Å²) in [5.74, 6) is 0. The number of piperazine rings is 1. The molecule has 0 N–H and O–H groups in total. The highest BCUT2D eigenvalue weighted by Crippen LogP contribution is 2.25. The van der Waals surface area contributed by atoms with Crippen LogP contribution in [0, 0.1) is 0 Å². The monoisotopic (exact) mass is 387 g/mol.